The number of rotatable bonds is 5. The Morgan fingerprint density at radius 3 is 2.42 bits per heavy atom. The lowest BCUT2D eigenvalue weighted by Gasteiger charge is -2.31. The van der Waals surface area contributed by atoms with Gasteiger partial charge in [0.2, 0.25) is 5.95 Å². The standard InChI is InChI=1S/C22H25F2N5O3.C7H15N/c1-13(30)14-8-9-16(18(10-14)32-3)26-21-25-11-17-19(27-21)29(15-6-4-5-7-15)12-22(23,24)20(31)28(17)2;1-6-2-4-7(8)5-3-6/h8-11,15H,4-7,12H2,1-3H3,(H,25,26,27);6-7H,2-5,8H2,1H3. The second-order valence-corrected chi connectivity index (χ2v) is 11.2. The zero-order valence-electron chi connectivity index (χ0n) is 23.8. The van der Waals surface area contributed by atoms with Crippen LogP contribution in [0.3, 0.4) is 0 Å². The lowest BCUT2D eigenvalue weighted by molar-refractivity contribution is -0.140. The number of aromatic nitrogens is 2. The highest BCUT2D eigenvalue weighted by Crippen LogP contribution is 2.40. The molecule has 9 nitrogen and oxygen atoms in total. The first kappa shape index (κ1) is 29.6. The molecule has 0 bridgehead atoms. The second-order valence-electron chi connectivity index (χ2n) is 11.2. The van der Waals surface area contributed by atoms with Crippen LogP contribution in [-0.2, 0) is 4.79 Å². The molecule has 2 heterocycles. The van der Waals surface area contributed by atoms with Crippen molar-refractivity contribution in [1.82, 2.24) is 9.97 Å². The van der Waals surface area contributed by atoms with Crippen LogP contribution in [0.5, 0.6) is 5.75 Å². The summed E-state index contributed by atoms with van der Waals surface area (Å²) in [6, 6.07) is 5.32. The number of ketones is 1. The summed E-state index contributed by atoms with van der Waals surface area (Å²) >= 11 is 0. The molecule has 2 fully saturated rings. The van der Waals surface area contributed by atoms with Crippen molar-refractivity contribution >= 4 is 34.8 Å². The van der Waals surface area contributed by atoms with E-state index in [4.69, 9.17) is 10.5 Å². The van der Waals surface area contributed by atoms with Gasteiger partial charge in [-0.3, -0.25) is 9.59 Å². The fourth-order valence-electron chi connectivity index (χ4n) is 5.52. The van der Waals surface area contributed by atoms with E-state index in [2.05, 4.69) is 22.2 Å². The Labute approximate surface area is 234 Å². The van der Waals surface area contributed by atoms with Crippen LogP contribution >= 0.6 is 0 Å². The van der Waals surface area contributed by atoms with Crippen molar-refractivity contribution in [1.29, 1.82) is 0 Å². The van der Waals surface area contributed by atoms with Crippen molar-refractivity contribution in [3.63, 3.8) is 0 Å². The molecule has 218 valence electrons. The number of fused-ring (bicyclic) bond motifs is 1. The highest BCUT2D eigenvalue weighted by atomic mass is 19.3. The molecule has 0 atom stereocenters. The van der Waals surface area contributed by atoms with Crippen molar-refractivity contribution in [2.24, 2.45) is 11.7 Å². The molecule has 5 rings (SSSR count). The van der Waals surface area contributed by atoms with Crippen LogP contribution in [0.1, 0.15) is 75.6 Å². The van der Waals surface area contributed by atoms with Crippen LogP contribution in [0.4, 0.5) is 31.9 Å². The van der Waals surface area contributed by atoms with E-state index in [9.17, 15) is 18.4 Å². The van der Waals surface area contributed by atoms with E-state index in [1.54, 1.807) is 23.1 Å². The van der Waals surface area contributed by atoms with Crippen LogP contribution in [0.25, 0.3) is 0 Å². The lowest BCUT2D eigenvalue weighted by atomic mass is 9.88. The minimum absolute atomic E-state index is 0.100. The number of carbonyl (C=O) groups excluding carboxylic acids is 2. The number of anilines is 4. The monoisotopic (exact) mass is 558 g/mol. The number of benzene rings is 1. The molecule has 40 heavy (non-hydrogen) atoms. The number of hydrogen-bond acceptors (Lipinski definition) is 8. The zero-order chi connectivity index (χ0) is 29.0. The minimum atomic E-state index is -3.53. The molecule has 2 aromatic rings. The number of methoxy groups -OCH3 is 1. The topological polar surface area (TPSA) is 114 Å². The van der Waals surface area contributed by atoms with Gasteiger partial charge in [0.1, 0.15) is 11.4 Å². The summed E-state index contributed by atoms with van der Waals surface area (Å²) in [5, 5.41) is 3.04. The van der Waals surface area contributed by atoms with Crippen LogP contribution in [0.2, 0.25) is 0 Å². The maximum atomic E-state index is 14.7. The molecule has 2 aliphatic carbocycles. The fraction of sp³-hybridized carbons (Fsp3) is 0.586. The van der Waals surface area contributed by atoms with Crippen molar-refractivity contribution in [3.8, 4) is 5.75 Å². The Kier molecular flexibility index (Phi) is 9.22. The summed E-state index contributed by atoms with van der Waals surface area (Å²) in [7, 11) is 2.79. The summed E-state index contributed by atoms with van der Waals surface area (Å²) in [5.41, 5.74) is 6.95. The Hall–Kier alpha value is -3.34. The first-order valence-corrected chi connectivity index (χ1v) is 14.0. The molecule has 0 saturated heterocycles. The van der Waals surface area contributed by atoms with Crippen LogP contribution in [-0.4, -0.2) is 60.4 Å². The van der Waals surface area contributed by atoms with E-state index in [-0.39, 0.29) is 23.5 Å². The molecule has 2 saturated carbocycles. The number of hydrogen-bond donors (Lipinski definition) is 2. The highest BCUT2D eigenvalue weighted by Gasteiger charge is 2.48. The van der Waals surface area contributed by atoms with Gasteiger partial charge in [0.05, 0.1) is 25.5 Å². The Morgan fingerprint density at radius 1 is 1.15 bits per heavy atom. The van der Waals surface area contributed by atoms with E-state index < -0.39 is 18.4 Å². The van der Waals surface area contributed by atoms with Gasteiger partial charge in [-0.15, -0.1) is 0 Å². The van der Waals surface area contributed by atoms with E-state index in [0.29, 0.717) is 28.9 Å². The van der Waals surface area contributed by atoms with Crippen LogP contribution < -0.4 is 25.6 Å². The first-order chi connectivity index (χ1) is 19.0. The number of Topliss-reactive ketones (excluding diaryl/α,β-unsaturated/α-hetero) is 1. The Morgan fingerprint density at radius 2 is 1.82 bits per heavy atom. The summed E-state index contributed by atoms with van der Waals surface area (Å²) in [4.78, 5) is 35.3. The van der Waals surface area contributed by atoms with Crippen molar-refractivity contribution in [2.45, 2.75) is 83.2 Å². The Balaban J connectivity index is 0.000000398. The highest BCUT2D eigenvalue weighted by molar-refractivity contribution is 6.02. The van der Waals surface area contributed by atoms with E-state index in [1.807, 2.05) is 0 Å². The normalized spacial score (nSPS) is 22.6. The van der Waals surface area contributed by atoms with Gasteiger partial charge in [0, 0.05) is 24.7 Å². The van der Waals surface area contributed by atoms with E-state index in [0.717, 1.165) is 36.5 Å². The Bertz CT molecular complexity index is 1200. The van der Waals surface area contributed by atoms with Gasteiger partial charge in [-0.25, -0.2) is 4.98 Å². The van der Waals surface area contributed by atoms with Gasteiger partial charge >= 0.3 is 5.92 Å². The van der Waals surface area contributed by atoms with Gasteiger partial charge in [0.15, 0.2) is 11.6 Å². The number of amides is 1. The van der Waals surface area contributed by atoms with Crippen molar-refractivity contribution < 1.29 is 23.1 Å². The average molecular weight is 559 g/mol. The lowest BCUT2D eigenvalue weighted by Crippen LogP contribution is -2.48. The number of nitrogens with zero attached hydrogens (tertiary/aromatic N) is 4. The predicted octanol–water partition coefficient (Wildman–Crippen LogP) is 5.32. The van der Waals surface area contributed by atoms with E-state index in [1.165, 1.54) is 53.0 Å². The number of nitrogens with two attached hydrogens (primary N) is 1. The predicted molar refractivity (Wildman–Crippen MR) is 152 cm³/mol. The molecule has 0 spiro atoms. The summed E-state index contributed by atoms with van der Waals surface area (Å²) < 4.78 is 34.7. The van der Waals surface area contributed by atoms with Gasteiger partial charge in [-0.2, -0.15) is 13.8 Å². The van der Waals surface area contributed by atoms with E-state index >= 15 is 0 Å². The number of ether oxygens (including phenoxy) is 1. The molecule has 0 unspecified atom stereocenters. The third-order valence-electron chi connectivity index (χ3n) is 8.05. The molecule has 1 amide bonds. The maximum absolute atomic E-state index is 14.7. The second kappa shape index (κ2) is 12.4. The summed E-state index contributed by atoms with van der Waals surface area (Å²) in [6.45, 7) is 3.05. The molecule has 1 aliphatic heterocycles. The quantitative estimate of drug-likeness (QED) is 0.475. The van der Waals surface area contributed by atoms with Gasteiger partial charge in [-0.05, 0) is 69.6 Å². The molecule has 3 aliphatic rings. The molecule has 3 N–H and O–H groups in total. The minimum Gasteiger partial charge on any atom is -0.495 e. The smallest absolute Gasteiger partial charge is 0.342 e. The zero-order valence-corrected chi connectivity index (χ0v) is 23.8. The molecular formula is C29H40F2N6O3. The van der Waals surface area contributed by atoms with Crippen molar-refractivity contribution in [2.75, 3.05) is 35.8 Å². The number of alkyl halides is 2. The summed E-state index contributed by atoms with van der Waals surface area (Å²) in [6.07, 6.45) is 10.00. The molecule has 1 aromatic carbocycles. The maximum Gasteiger partial charge on any atom is 0.342 e. The molecule has 1 aromatic heterocycles. The number of carbonyl (C=O) groups is 2. The van der Waals surface area contributed by atoms with Crippen LogP contribution in [0.15, 0.2) is 24.4 Å². The molecule has 0 radical (unpaired) electrons. The first-order valence-electron chi connectivity index (χ1n) is 14.0. The fourth-order valence-corrected chi connectivity index (χ4v) is 5.52. The van der Waals surface area contributed by atoms with Gasteiger partial charge in [0.25, 0.3) is 5.91 Å². The number of nitrogens with one attached hydrogen (secondary N) is 1. The van der Waals surface area contributed by atoms with Gasteiger partial charge in [-0.1, -0.05) is 19.8 Å². The van der Waals surface area contributed by atoms with Crippen LogP contribution in [0, 0.1) is 5.92 Å². The third kappa shape index (κ3) is 6.68. The van der Waals surface area contributed by atoms with Gasteiger partial charge < -0.3 is 25.6 Å². The average Bonchev–Trinajstić information content (AvgIpc) is 3.46. The largest absolute Gasteiger partial charge is 0.495 e. The summed E-state index contributed by atoms with van der Waals surface area (Å²) in [5.74, 6) is -3.08. The molecular weight excluding hydrogens is 518 g/mol. The third-order valence-corrected chi connectivity index (χ3v) is 8.05. The van der Waals surface area contributed by atoms with Crippen molar-refractivity contribution in [3.05, 3.63) is 30.0 Å². The number of halogens is 2. The SMILES string of the molecule is CC1CCC(N)CC1.COc1cc(C(C)=O)ccc1Nc1ncc2c(n1)N(C1CCCC1)CC(F)(F)C(=O)N2C. The molecule has 11 heteroatoms.